The molecule has 0 fully saturated rings. The molecule has 5 rings (SSSR count). The first-order valence-corrected chi connectivity index (χ1v) is 15.5. The first kappa shape index (κ1) is 32.7. The fourth-order valence-electron chi connectivity index (χ4n) is 5.62. The molecule has 0 radical (unpaired) electrons. The lowest BCUT2D eigenvalue weighted by molar-refractivity contribution is 0.106. The number of methoxy groups -OCH3 is 3. The second kappa shape index (κ2) is 13.3. The summed E-state index contributed by atoms with van der Waals surface area (Å²) < 4.78 is 18.8. The molecule has 1 N–H and O–H groups in total. The van der Waals surface area contributed by atoms with Gasteiger partial charge in [-0.15, -0.1) is 5.10 Å². The summed E-state index contributed by atoms with van der Waals surface area (Å²) in [5.41, 5.74) is 2.38. The Morgan fingerprint density at radius 3 is 2.33 bits per heavy atom. The molecule has 1 atom stereocenters. The number of pyridine rings is 1. The van der Waals surface area contributed by atoms with E-state index in [0.717, 1.165) is 17.4 Å². The lowest BCUT2D eigenvalue weighted by Crippen LogP contribution is -2.44. The van der Waals surface area contributed by atoms with Crippen LogP contribution in [-0.4, -0.2) is 58.0 Å². The Morgan fingerprint density at radius 2 is 1.65 bits per heavy atom. The van der Waals surface area contributed by atoms with Gasteiger partial charge in [0.1, 0.15) is 11.8 Å². The summed E-state index contributed by atoms with van der Waals surface area (Å²) in [6.07, 6.45) is 0.733. The number of rotatable bonds is 12. The van der Waals surface area contributed by atoms with E-state index < -0.39 is 11.6 Å². The van der Waals surface area contributed by atoms with E-state index >= 15 is 0 Å². The van der Waals surface area contributed by atoms with Gasteiger partial charge in [0, 0.05) is 30.3 Å². The molecule has 0 saturated carbocycles. The lowest BCUT2D eigenvalue weighted by Gasteiger charge is -2.40. The van der Waals surface area contributed by atoms with Gasteiger partial charge in [0.15, 0.2) is 17.3 Å². The van der Waals surface area contributed by atoms with Gasteiger partial charge < -0.3 is 19.2 Å². The van der Waals surface area contributed by atoms with Gasteiger partial charge in [-0.2, -0.15) is 0 Å². The molecule has 0 unspecified atom stereocenters. The Balaban J connectivity index is 1.75. The number of hydrogen-bond donors (Lipinski definition) is 1. The minimum atomic E-state index is -0.619. The summed E-state index contributed by atoms with van der Waals surface area (Å²) in [6, 6.07) is 23.2. The first-order chi connectivity index (χ1) is 22.0. The van der Waals surface area contributed by atoms with E-state index in [1.54, 1.807) is 21.3 Å². The number of tetrazole rings is 1. The Labute approximate surface area is 270 Å². The molecule has 0 amide bonds. The number of fused-ring (bicyclic) bond motifs is 1. The van der Waals surface area contributed by atoms with Crippen molar-refractivity contribution >= 4 is 10.9 Å². The van der Waals surface area contributed by atoms with Crippen molar-refractivity contribution in [3.05, 3.63) is 106 Å². The number of ether oxygens (including phenoxy) is 3. The van der Waals surface area contributed by atoms with E-state index in [4.69, 9.17) is 14.2 Å². The number of aromatic amines is 1. The van der Waals surface area contributed by atoms with Crippen LogP contribution in [0.3, 0.4) is 0 Å². The SMILES string of the molecule is COc1ccc2cc([C@H](c3nnnn3C(C)(C)C(C)(C)C)N(CCc3ccccc3)Cc3cccc(OC)c3OC)c(=O)[nH]c2c1. The number of aromatic nitrogens is 5. The van der Waals surface area contributed by atoms with Crippen LogP contribution in [0.5, 0.6) is 17.2 Å². The normalized spacial score (nSPS) is 12.8. The van der Waals surface area contributed by atoms with E-state index in [-0.39, 0.29) is 11.0 Å². The van der Waals surface area contributed by atoms with E-state index in [1.165, 1.54) is 5.56 Å². The van der Waals surface area contributed by atoms with Gasteiger partial charge in [-0.1, -0.05) is 63.2 Å². The number of hydrogen-bond acceptors (Lipinski definition) is 8. The fraction of sp³-hybridized carbons (Fsp3) is 0.389. The number of para-hydroxylation sites is 1. The molecule has 46 heavy (non-hydrogen) atoms. The van der Waals surface area contributed by atoms with Crippen molar-refractivity contribution in [1.29, 1.82) is 0 Å². The second-order valence-electron chi connectivity index (χ2n) is 13.0. The quantitative estimate of drug-likeness (QED) is 0.176. The van der Waals surface area contributed by atoms with E-state index in [9.17, 15) is 4.79 Å². The van der Waals surface area contributed by atoms with Crippen LogP contribution < -0.4 is 19.8 Å². The number of benzene rings is 3. The van der Waals surface area contributed by atoms with E-state index in [1.807, 2.05) is 65.3 Å². The van der Waals surface area contributed by atoms with Crippen LogP contribution >= 0.6 is 0 Å². The van der Waals surface area contributed by atoms with Crippen LogP contribution in [-0.2, 0) is 18.5 Å². The first-order valence-electron chi connectivity index (χ1n) is 15.5. The van der Waals surface area contributed by atoms with Crippen LogP contribution in [0, 0.1) is 5.41 Å². The van der Waals surface area contributed by atoms with Crippen LogP contribution in [0.15, 0.2) is 77.6 Å². The molecule has 242 valence electrons. The molecule has 0 saturated heterocycles. The Kier molecular flexibility index (Phi) is 9.48. The highest BCUT2D eigenvalue weighted by atomic mass is 16.5. The molecule has 0 aliphatic carbocycles. The fourth-order valence-corrected chi connectivity index (χ4v) is 5.62. The van der Waals surface area contributed by atoms with E-state index in [2.05, 4.69) is 72.2 Å². The lowest BCUT2D eigenvalue weighted by atomic mass is 9.76. The third-order valence-corrected chi connectivity index (χ3v) is 9.23. The highest BCUT2D eigenvalue weighted by Gasteiger charge is 2.41. The minimum absolute atomic E-state index is 0.209. The maximum Gasteiger partial charge on any atom is 0.253 e. The van der Waals surface area contributed by atoms with Crippen LogP contribution in [0.25, 0.3) is 10.9 Å². The largest absolute Gasteiger partial charge is 0.497 e. The monoisotopic (exact) mass is 624 g/mol. The Bertz CT molecular complexity index is 1840. The summed E-state index contributed by atoms with van der Waals surface area (Å²) >= 11 is 0. The van der Waals surface area contributed by atoms with Crippen molar-refractivity contribution in [2.45, 2.75) is 59.2 Å². The molecular formula is C36H44N6O4. The maximum atomic E-state index is 14.1. The molecule has 3 aromatic carbocycles. The van der Waals surface area contributed by atoms with Crippen LogP contribution in [0.2, 0.25) is 0 Å². The van der Waals surface area contributed by atoms with Crippen LogP contribution in [0.1, 0.15) is 63.2 Å². The summed E-state index contributed by atoms with van der Waals surface area (Å²) in [4.78, 5) is 19.5. The van der Waals surface area contributed by atoms with E-state index in [0.29, 0.717) is 47.2 Å². The molecule has 5 aromatic rings. The summed E-state index contributed by atoms with van der Waals surface area (Å²) in [5.74, 6) is 2.52. The van der Waals surface area contributed by atoms with Gasteiger partial charge in [0.05, 0.1) is 32.4 Å². The molecule has 2 aromatic heterocycles. The summed E-state index contributed by atoms with van der Waals surface area (Å²) in [7, 11) is 4.88. The Hall–Kier alpha value is -4.70. The van der Waals surface area contributed by atoms with Crippen molar-refractivity contribution in [2.75, 3.05) is 27.9 Å². The van der Waals surface area contributed by atoms with Crippen molar-refractivity contribution in [3.8, 4) is 17.2 Å². The maximum absolute atomic E-state index is 14.1. The second-order valence-corrected chi connectivity index (χ2v) is 13.0. The molecule has 2 heterocycles. The summed E-state index contributed by atoms with van der Waals surface area (Å²) in [6.45, 7) is 11.8. The predicted molar refractivity (Wildman–Crippen MR) is 180 cm³/mol. The minimum Gasteiger partial charge on any atom is -0.497 e. The molecular weight excluding hydrogens is 580 g/mol. The topological polar surface area (TPSA) is 107 Å². The molecule has 10 nitrogen and oxygen atoms in total. The third-order valence-electron chi connectivity index (χ3n) is 9.23. The number of nitrogens with zero attached hydrogens (tertiary/aromatic N) is 5. The van der Waals surface area contributed by atoms with Gasteiger partial charge in [0.25, 0.3) is 5.56 Å². The molecule has 0 aliphatic rings. The molecule has 10 heteroatoms. The molecule has 0 aliphatic heterocycles. The van der Waals surface area contributed by atoms with Gasteiger partial charge in [-0.05, 0) is 71.3 Å². The zero-order valence-electron chi connectivity index (χ0n) is 28.0. The van der Waals surface area contributed by atoms with Crippen molar-refractivity contribution in [2.24, 2.45) is 5.41 Å². The van der Waals surface area contributed by atoms with Crippen molar-refractivity contribution < 1.29 is 14.2 Å². The summed E-state index contributed by atoms with van der Waals surface area (Å²) in [5, 5.41) is 14.3. The highest BCUT2D eigenvalue weighted by Crippen LogP contribution is 2.40. The zero-order valence-corrected chi connectivity index (χ0v) is 28.0. The average molecular weight is 625 g/mol. The smallest absolute Gasteiger partial charge is 0.253 e. The molecule has 0 spiro atoms. The number of nitrogens with one attached hydrogen (secondary N) is 1. The average Bonchev–Trinajstić information content (AvgIpc) is 3.53. The van der Waals surface area contributed by atoms with Gasteiger partial charge >= 0.3 is 0 Å². The predicted octanol–water partition coefficient (Wildman–Crippen LogP) is 6.16. The van der Waals surface area contributed by atoms with Crippen molar-refractivity contribution in [3.63, 3.8) is 0 Å². The number of H-pyrrole nitrogens is 1. The standard InChI is InChI=1S/C36H44N6O4/c1-35(2,3)36(4,5)42-33(38-39-40-42)31(28-21-25-17-18-27(44-6)22-29(25)37-34(28)43)41(20-19-24-13-10-9-11-14-24)23-26-15-12-16-30(45-7)32(26)46-8/h9-18,21-22,31H,19-20,23H2,1-8H3,(H,37,43)/t31-/m1/s1. The van der Waals surface area contributed by atoms with Crippen LogP contribution in [0.4, 0.5) is 0 Å². The van der Waals surface area contributed by atoms with Gasteiger partial charge in [0.2, 0.25) is 0 Å². The molecule has 0 bridgehead atoms. The van der Waals surface area contributed by atoms with Crippen molar-refractivity contribution in [1.82, 2.24) is 30.1 Å². The highest BCUT2D eigenvalue weighted by molar-refractivity contribution is 5.80. The Morgan fingerprint density at radius 1 is 0.891 bits per heavy atom. The zero-order chi connectivity index (χ0) is 33.1. The third kappa shape index (κ3) is 6.48. The van der Waals surface area contributed by atoms with Gasteiger partial charge in [-0.3, -0.25) is 9.69 Å². The van der Waals surface area contributed by atoms with Gasteiger partial charge in [-0.25, -0.2) is 4.68 Å².